The molecule has 116 valence electrons. The van der Waals surface area contributed by atoms with Crippen molar-refractivity contribution in [1.29, 1.82) is 0 Å². The van der Waals surface area contributed by atoms with Gasteiger partial charge < -0.3 is 16.0 Å². The van der Waals surface area contributed by atoms with Crippen LogP contribution in [0, 0.1) is 0 Å². The summed E-state index contributed by atoms with van der Waals surface area (Å²) in [6.45, 7) is 4.81. The molecule has 0 aliphatic carbocycles. The van der Waals surface area contributed by atoms with E-state index in [0.29, 0.717) is 19.5 Å². The van der Waals surface area contributed by atoms with Gasteiger partial charge >= 0.3 is 0 Å². The maximum absolute atomic E-state index is 12.3. The fourth-order valence-electron chi connectivity index (χ4n) is 2.10. The highest BCUT2D eigenvalue weighted by Gasteiger charge is 2.21. The molecule has 1 rings (SSSR count). The van der Waals surface area contributed by atoms with Crippen LogP contribution in [0.3, 0.4) is 0 Å². The molecule has 3 N–H and O–H groups in total. The number of hydrogen-bond acceptors (Lipinski definition) is 3. The number of likely N-dealkylation sites (N-methyl/N-ethyl adjacent to an activating group) is 2. The van der Waals surface area contributed by atoms with Crippen LogP contribution in [0.15, 0.2) is 30.3 Å². The average molecular weight is 291 g/mol. The monoisotopic (exact) mass is 291 g/mol. The molecule has 0 spiro atoms. The molecule has 0 aliphatic rings. The predicted octanol–water partition coefficient (Wildman–Crippen LogP) is 0.931. The zero-order valence-corrected chi connectivity index (χ0v) is 12.8. The van der Waals surface area contributed by atoms with Crippen molar-refractivity contribution >= 4 is 11.8 Å². The third kappa shape index (κ3) is 5.95. The van der Waals surface area contributed by atoms with Gasteiger partial charge in [0.2, 0.25) is 11.8 Å². The number of carbonyl (C=O) groups is 2. The SMILES string of the molecule is CCNC(=O)CN(CC)C(=O)[C@@H](N)CCc1ccccc1. The summed E-state index contributed by atoms with van der Waals surface area (Å²) in [6.07, 6.45) is 1.33. The van der Waals surface area contributed by atoms with E-state index in [1.807, 2.05) is 44.2 Å². The molecule has 0 fully saturated rings. The molecule has 2 amide bonds. The molecular formula is C16H25N3O2. The van der Waals surface area contributed by atoms with Gasteiger partial charge in [0.05, 0.1) is 12.6 Å². The van der Waals surface area contributed by atoms with Crippen molar-refractivity contribution in [2.45, 2.75) is 32.7 Å². The number of nitrogens with zero attached hydrogens (tertiary/aromatic N) is 1. The predicted molar refractivity (Wildman–Crippen MR) is 83.7 cm³/mol. The molecule has 0 aromatic heterocycles. The van der Waals surface area contributed by atoms with E-state index in [0.717, 1.165) is 12.0 Å². The second-order valence-electron chi connectivity index (χ2n) is 4.94. The van der Waals surface area contributed by atoms with Crippen molar-refractivity contribution in [3.8, 4) is 0 Å². The largest absolute Gasteiger partial charge is 0.355 e. The van der Waals surface area contributed by atoms with E-state index in [2.05, 4.69) is 5.32 Å². The zero-order chi connectivity index (χ0) is 15.7. The van der Waals surface area contributed by atoms with E-state index in [9.17, 15) is 9.59 Å². The van der Waals surface area contributed by atoms with E-state index >= 15 is 0 Å². The minimum Gasteiger partial charge on any atom is -0.355 e. The summed E-state index contributed by atoms with van der Waals surface area (Å²) in [5.74, 6) is -0.317. The third-order valence-corrected chi connectivity index (χ3v) is 3.31. The lowest BCUT2D eigenvalue weighted by Gasteiger charge is -2.23. The van der Waals surface area contributed by atoms with Crippen LogP contribution in [0.4, 0.5) is 0 Å². The van der Waals surface area contributed by atoms with Gasteiger partial charge in [0.25, 0.3) is 0 Å². The summed E-state index contributed by atoms with van der Waals surface area (Å²) in [6, 6.07) is 9.36. The average Bonchev–Trinajstić information content (AvgIpc) is 2.51. The lowest BCUT2D eigenvalue weighted by molar-refractivity contribution is -0.137. The lowest BCUT2D eigenvalue weighted by atomic mass is 10.0. The Morgan fingerprint density at radius 2 is 1.90 bits per heavy atom. The molecule has 0 aliphatic heterocycles. The van der Waals surface area contributed by atoms with Crippen LogP contribution < -0.4 is 11.1 Å². The fraction of sp³-hybridized carbons (Fsp3) is 0.500. The van der Waals surface area contributed by atoms with Gasteiger partial charge in [-0.05, 0) is 32.3 Å². The molecule has 1 atom stereocenters. The maximum atomic E-state index is 12.3. The summed E-state index contributed by atoms with van der Waals surface area (Å²) >= 11 is 0. The number of nitrogens with one attached hydrogen (secondary N) is 1. The summed E-state index contributed by atoms with van der Waals surface area (Å²) in [7, 11) is 0. The Bertz CT molecular complexity index is 448. The van der Waals surface area contributed by atoms with Crippen LogP contribution in [0.5, 0.6) is 0 Å². The van der Waals surface area contributed by atoms with E-state index < -0.39 is 6.04 Å². The number of hydrogen-bond donors (Lipinski definition) is 2. The summed E-state index contributed by atoms with van der Waals surface area (Å²) < 4.78 is 0. The number of amides is 2. The number of benzene rings is 1. The molecule has 0 unspecified atom stereocenters. The van der Waals surface area contributed by atoms with E-state index in [1.165, 1.54) is 4.90 Å². The molecule has 0 saturated heterocycles. The summed E-state index contributed by atoms with van der Waals surface area (Å²) in [4.78, 5) is 25.3. The third-order valence-electron chi connectivity index (χ3n) is 3.31. The Hall–Kier alpha value is -1.88. The molecule has 1 aromatic rings. The maximum Gasteiger partial charge on any atom is 0.239 e. The van der Waals surface area contributed by atoms with Crippen LogP contribution in [0.2, 0.25) is 0 Å². The van der Waals surface area contributed by atoms with E-state index in [1.54, 1.807) is 0 Å². The van der Waals surface area contributed by atoms with Gasteiger partial charge in [-0.3, -0.25) is 9.59 Å². The van der Waals surface area contributed by atoms with Gasteiger partial charge in [-0.15, -0.1) is 0 Å². The van der Waals surface area contributed by atoms with Gasteiger partial charge in [0, 0.05) is 13.1 Å². The standard InChI is InChI=1S/C16H25N3O2/c1-3-18-15(20)12-19(4-2)16(21)14(17)11-10-13-8-6-5-7-9-13/h5-9,14H,3-4,10-12,17H2,1-2H3,(H,18,20)/t14-/m0/s1. The first-order chi connectivity index (χ1) is 10.1. The molecule has 0 radical (unpaired) electrons. The van der Waals surface area contributed by atoms with Crippen molar-refractivity contribution in [3.63, 3.8) is 0 Å². The van der Waals surface area contributed by atoms with Crippen molar-refractivity contribution in [2.24, 2.45) is 5.73 Å². The van der Waals surface area contributed by atoms with Crippen molar-refractivity contribution in [3.05, 3.63) is 35.9 Å². The van der Waals surface area contributed by atoms with Crippen molar-refractivity contribution < 1.29 is 9.59 Å². The normalized spacial score (nSPS) is 11.8. The Morgan fingerprint density at radius 3 is 2.48 bits per heavy atom. The van der Waals surface area contributed by atoms with Gasteiger partial charge in [-0.2, -0.15) is 0 Å². The number of rotatable bonds is 8. The highest BCUT2D eigenvalue weighted by atomic mass is 16.2. The summed E-state index contributed by atoms with van der Waals surface area (Å²) in [5.41, 5.74) is 7.13. The molecule has 0 heterocycles. The molecule has 21 heavy (non-hydrogen) atoms. The van der Waals surface area contributed by atoms with Crippen molar-refractivity contribution in [2.75, 3.05) is 19.6 Å². The second-order valence-corrected chi connectivity index (χ2v) is 4.94. The van der Waals surface area contributed by atoms with Gasteiger partial charge in [0.15, 0.2) is 0 Å². The van der Waals surface area contributed by atoms with Crippen LogP contribution in [0.1, 0.15) is 25.8 Å². The smallest absolute Gasteiger partial charge is 0.239 e. The Balaban J connectivity index is 2.49. The quantitative estimate of drug-likeness (QED) is 0.748. The van der Waals surface area contributed by atoms with Crippen LogP contribution in [0.25, 0.3) is 0 Å². The van der Waals surface area contributed by atoms with Crippen LogP contribution in [-0.2, 0) is 16.0 Å². The van der Waals surface area contributed by atoms with E-state index in [4.69, 9.17) is 5.73 Å². The molecule has 1 aromatic carbocycles. The molecule has 5 nitrogen and oxygen atoms in total. The van der Waals surface area contributed by atoms with Crippen molar-refractivity contribution in [1.82, 2.24) is 10.2 Å². The Kier molecular flexibility index (Phi) is 7.46. The fourth-order valence-corrected chi connectivity index (χ4v) is 2.10. The highest BCUT2D eigenvalue weighted by Crippen LogP contribution is 2.06. The van der Waals surface area contributed by atoms with Gasteiger partial charge in [0.1, 0.15) is 0 Å². The first kappa shape index (κ1) is 17.2. The van der Waals surface area contributed by atoms with Gasteiger partial charge in [-0.25, -0.2) is 0 Å². The molecule has 0 saturated carbocycles. The van der Waals surface area contributed by atoms with Crippen LogP contribution in [-0.4, -0.2) is 42.4 Å². The van der Waals surface area contributed by atoms with E-state index in [-0.39, 0.29) is 18.4 Å². The topological polar surface area (TPSA) is 75.4 Å². The lowest BCUT2D eigenvalue weighted by Crippen LogP contribution is -2.47. The van der Waals surface area contributed by atoms with Crippen LogP contribution >= 0.6 is 0 Å². The minimum atomic E-state index is -0.570. The second kappa shape index (κ2) is 9.13. The molecular weight excluding hydrogens is 266 g/mol. The minimum absolute atomic E-state index is 0.0716. The Labute approximate surface area is 126 Å². The highest BCUT2D eigenvalue weighted by molar-refractivity contribution is 5.87. The Morgan fingerprint density at radius 1 is 1.24 bits per heavy atom. The number of carbonyl (C=O) groups excluding carboxylic acids is 2. The first-order valence-electron chi connectivity index (χ1n) is 7.43. The number of aryl methyl sites for hydroxylation is 1. The first-order valence-corrected chi connectivity index (χ1v) is 7.43. The summed E-state index contributed by atoms with van der Waals surface area (Å²) in [5, 5.41) is 2.69. The number of nitrogens with two attached hydrogens (primary N) is 1. The molecule has 0 bridgehead atoms. The van der Waals surface area contributed by atoms with Gasteiger partial charge in [-0.1, -0.05) is 30.3 Å². The molecule has 5 heteroatoms. The zero-order valence-electron chi connectivity index (χ0n) is 12.8.